The predicted molar refractivity (Wildman–Crippen MR) is 121 cm³/mol. The van der Waals surface area contributed by atoms with Gasteiger partial charge >= 0.3 is 0 Å². The van der Waals surface area contributed by atoms with E-state index in [9.17, 15) is 9.59 Å². The number of aromatic nitrogens is 1. The van der Waals surface area contributed by atoms with Crippen molar-refractivity contribution in [3.8, 4) is 10.8 Å². The van der Waals surface area contributed by atoms with E-state index in [-0.39, 0.29) is 18.2 Å². The first-order valence-electron chi connectivity index (χ1n) is 10.3. The van der Waals surface area contributed by atoms with Crippen LogP contribution in [0.4, 0.5) is 5.69 Å². The van der Waals surface area contributed by atoms with E-state index in [1.165, 1.54) is 0 Å². The zero-order valence-electron chi connectivity index (χ0n) is 16.8. The normalized spacial score (nSPS) is 13.8. The second kappa shape index (κ2) is 8.35. The number of anilines is 1. The Morgan fingerprint density at radius 2 is 1.94 bits per heavy atom. The second-order valence-electron chi connectivity index (χ2n) is 7.52. The molecule has 1 N–H and O–H groups in total. The number of carbonyl (C=O) groups excluding carboxylic acids is 2. The Morgan fingerprint density at radius 3 is 2.71 bits per heavy atom. The van der Waals surface area contributed by atoms with Crippen molar-refractivity contribution in [3.63, 3.8) is 0 Å². The SMILES string of the molecule is O=C(Cc1ccc(N2CCCC2=O)cc1)NCc1ccc(-c2nc3ccccc3s2)o1. The molecule has 2 aromatic carbocycles. The van der Waals surface area contributed by atoms with Gasteiger partial charge in [0, 0.05) is 18.7 Å². The van der Waals surface area contributed by atoms with Crippen molar-refractivity contribution in [2.45, 2.75) is 25.8 Å². The number of nitrogens with one attached hydrogen (secondary N) is 1. The number of hydrogen-bond acceptors (Lipinski definition) is 5. The summed E-state index contributed by atoms with van der Waals surface area (Å²) in [5, 5.41) is 3.73. The van der Waals surface area contributed by atoms with E-state index >= 15 is 0 Å². The Balaban J connectivity index is 1.17. The summed E-state index contributed by atoms with van der Waals surface area (Å²) in [4.78, 5) is 30.6. The topological polar surface area (TPSA) is 75.4 Å². The maximum absolute atomic E-state index is 12.3. The fraction of sp³-hybridized carbons (Fsp3) is 0.208. The lowest BCUT2D eigenvalue weighted by atomic mass is 10.1. The number of rotatable bonds is 6. The summed E-state index contributed by atoms with van der Waals surface area (Å²) in [5.41, 5.74) is 2.75. The molecule has 6 nitrogen and oxygen atoms in total. The van der Waals surface area contributed by atoms with E-state index in [4.69, 9.17) is 4.42 Å². The molecule has 1 aliphatic rings. The van der Waals surface area contributed by atoms with Gasteiger partial charge in [0.15, 0.2) is 10.8 Å². The third-order valence-electron chi connectivity index (χ3n) is 5.31. The molecule has 0 unspecified atom stereocenters. The predicted octanol–water partition coefficient (Wildman–Crippen LogP) is 4.54. The van der Waals surface area contributed by atoms with Gasteiger partial charge in [-0.2, -0.15) is 0 Å². The van der Waals surface area contributed by atoms with E-state index < -0.39 is 0 Å². The first kappa shape index (κ1) is 19.5. The maximum Gasteiger partial charge on any atom is 0.227 e. The Hall–Kier alpha value is -3.45. The van der Waals surface area contributed by atoms with Gasteiger partial charge in [0.2, 0.25) is 11.8 Å². The van der Waals surface area contributed by atoms with Crippen LogP contribution in [0.3, 0.4) is 0 Å². The summed E-state index contributed by atoms with van der Waals surface area (Å²) in [7, 11) is 0. The van der Waals surface area contributed by atoms with Crippen LogP contribution in [-0.2, 0) is 22.6 Å². The van der Waals surface area contributed by atoms with Crippen molar-refractivity contribution < 1.29 is 14.0 Å². The van der Waals surface area contributed by atoms with Gasteiger partial charge in [-0.15, -0.1) is 11.3 Å². The van der Waals surface area contributed by atoms with E-state index in [1.807, 2.05) is 60.7 Å². The number of benzene rings is 2. The Bertz CT molecular complexity index is 1210. The van der Waals surface area contributed by atoms with E-state index in [0.29, 0.717) is 24.5 Å². The van der Waals surface area contributed by atoms with Gasteiger partial charge in [-0.25, -0.2) is 4.98 Å². The lowest BCUT2D eigenvalue weighted by Gasteiger charge is -2.15. The minimum absolute atomic E-state index is 0.0806. The molecule has 1 saturated heterocycles. The van der Waals surface area contributed by atoms with E-state index in [1.54, 1.807) is 16.2 Å². The van der Waals surface area contributed by atoms with Gasteiger partial charge in [-0.05, 0) is 48.4 Å². The largest absolute Gasteiger partial charge is 0.457 e. The lowest BCUT2D eigenvalue weighted by molar-refractivity contribution is -0.120. The van der Waals surface area contributed by atoms with Gasteiger partial charge in [0.25, 0.3) is 0 Å². The molecule has 0 aliphatic carbocycles. The summed E-state index contributed by atoms with van der Waals surface area (Å²) >= 11 is 1.58. The number of amides is 2. The summed E-state index contributed by atoms with van der Waals surface area (Å²) in [6, 6.07) is 19.3. The summed E-state index contributed by atoms with van der Waals surface area (Å²) in [6.45, 7) is 1.09. The molecule has 1 aliphatic heterocycles. The molecule has 156 valence electrons. The van der Waals surface area contributed by atoms with Crippen LogP contribution in [0.15, 0.2) is 65.1 Å². The van der Waals surface area contributed by atoms with Crippen molar-refractivity contribution in [3.05, 3.63) is 72.0 Å². The van der Waals surface area contributed by atoms with E-state index in [0.717, 1.165) is 39.4 Å². The number of furan rings is 1. The van der Waals surface area contributed by atoms with Crippen LogP contribution in [0, 0.1) is 0 Å². The van der Waals surface area contributed by atoms with Gasteiger partial charge in [-0.3, -0.25) is 9.59 Å². The molecule has 1 fully saturated rings. The van der Waals surface area contributed by atoms with Crippen molar-refractivity contribution in [2.75, 3.05) is 11.4 Å². The Morgan fingerprint density at radius 1 is 1.10 bits per heavy atom. The smallest absolute Gasteiger partial charge is 0.227 e. The van der Waals surface area contributed by atoms with Crippen LogP contribution >= 0.6 is 11.3 Å². The average Bonchev–Trinajstić information content (AvgIpc) is 3.52. The fourth-order valence-electron chi connectivity index (χ4n) is 3.71. The number of hydrogen-bond donors (Lipinski definition) is 1. The highest BCUT2D eigenvalue weighted by Crippen LogP contribution is 2.31. The zero-order valence-corrected chi connectivity index (χ0v) is 17.7. The highest BCUT2D eigenvalue weighted by atomic mass is 32.1. The molecule has 0 spiro atoms. The quantitative estimate of drug-likeness (QED) is 0.486. The molecule has 0 radical (unpaired) electrons. The molecular weight excluding hydrogens is 410 g/mol. The summed E-state index contributed by atoms with van der Waals surface area (Å²) < 4.78 is 6.99. The van der Waals surface area contributed by atoms with Crippen LogP contribution in [-0.4, -0.2) is 23.3 Å². The van der Waals surface area contributed by atoms with Crippen LogP contribution in [0.2, 0.25) is 0 Å². The molecule has 2 aromatic heterocycles. The molecule has 0 atom stereocenters. The number of nitrogens with zero attached hydrogens (tertiary/aromatic N) is 2. The minimum Gasteiger partial charge on any atom is -0.457 e. The summed E-state index contributed by atoms with van der Waals surface area (Å²) in [5.74, 6) is 1.47. The Kier molecular flexibility index (Phi) is 5.26. The first-order chi connectivity index (χ1) is 15.2. The molecule has 3 heterocycles. The molecule has 7 heteroatoms. The molecule has 0 saturated carbocycles. The Labute approximate surface area is 183 Å². The molecule has 5 rings (SSSR count). The first-order valence-corrected chi connectivity index (χ1v) is 11.1. The number of para-hydroxylation sites is 1. The van der Waals surface area contributed by atoms with Crippen molar-refractivity contribution in [2.24, 2.45) is 0 Å². The molecule has 0 bridgehead atoms. The maximum atomic E-state index is 12.3. The van der Waals surface area contributed by atoms with Crippen LogP contribution in [0.25, 0.3) is 21.0 Å². The fourth-order valence-corrected chi connectivity index (χ4v) is 4.64. The van der Waals surface area contributed by atoms with Crippen molar-refractivity contribution >= 4 is 39.1 Å². The highest BCUT2D eigenvalue weighted by molar-refractivity contribution is 7.21. The molecular formula is C24H21N3O3S. The van der Waals surface area contributed by atoms with Crippen LogP contribution in [0.1, 0.15) is 24.2 Å². The lowest BCUT2D eigenvalue weighted by Crippen LogP contribution is -2.25. The average molecular weight is 432 g/mol. The third-order valence-corrected chi connectivity index (χ3v) is 6.36. The van der Waals surface area contributed by atoms with Crippen LogP contribution < -0.4 is 10.2 Å². The van der Waals surface area contributed by atoms with Crippen molar-refractivity contribution in [1.29, 1.82) is 0 Å². The minimum atomic E-state index is -0.0806. The van der Waals surface area contributed by atoms with Gasteiger partial charge in [0.1, 0.15) is 5.76 Å². The van der Waals surface area contributed by atoms with Gasteiger partial charge in [0.05, 0.1) is 23.2 Å². The molecule has 31 heavy (non-hydrogen) atoms. The summed E-state index contributed by atoms with van der Waals surface area (Å²) in [6.07, 6.45) is 1.79. The third kappa shape index (κ3) is 4.22. The molecule has 4 aromatic rings. The van der Waals surface area contributed by atoms with Gasteiger partial charge < -0.3 is 14.6 Å². The van der Waals surface area contributed by atoms with Crippen LogP contribution in [0.5, 0.6) is 0 Å². The second-order valence-corrected chi connectivity index (χ2v) is 8.55. The van der Waals surface area contributed by atoms with Gasteiger partial charge in [-0.1, -0.05) is 24.3 Å². The number of thiazole rings is 1. The molecule has 2 amide bonds. The highest BCUT2D eigenvalue weighted by Gasteiger charge is 2.21. The number of fused-ring (bicyclic) bond motifs is 1. The number of carbonyl (C=O) groups is 2. The zero-order chi connectivity index (χ0) is 21.2. The standard InChI is InChI=1S/C24H21N3O3S/c28-22(14-16-7-9-17(10-8-16)27-13-3-6-23(27)29)25-15-18-11-12-20(30-18)24-26-19-4-1-2-5-21(19)31-24/h1-2,4-5,7-12H,3,6,13-15H2,(H,25,28). The monoisotopic (exact) mass is 431 g/mol. The van der Waals surface area contributed by atoms with E-state index in [2.05, 4.69) is 10.3 Å². The van der Waals surface area contributed by atoms with Crippen molar-refractivity contribution in [1.82, 2.24) is 10.3 Å².